The van der Waals surface area contributed by atoms with Crippen LogP contribution >= 0.6 is 0 Å². The van der Waals surface area contributed by atoms with Crippen molar-refractivity contribution in [3.05, 3.63) is 193 Å². The van der Waals surface area contributed by atoms with Crippen molar-refractivity contribution in [3.63, 3.8) is 0 Å². The van der Waals surface area contributed by atoms with E-state index >= 15 is 0 Å². The summed E-state index contributed by atoms with van der Waals surface area (Å²) in [6.45, 7) is 4.67. The number of hydrogen-bond donors (Lipinski definition) is 0. The van der Waals surface area contributed by atoms with Gasteiger partial charge >= 0.3 is 0 Å². The fraction of sp³-hybridized carbons (Fsp3) is 0.0526. The van der Waals surface area contributed by atoms with E-state index in [0.717, 1.165) is 49.4 Å². The van der Waals surface area contributed by atoms with Gasteiger partial charge in [-0.3, -0.25) is 0 Å². The highest BCUT2D eigenvalue weighted by Crippen LogP contribution is 2.50. The standard InChI is InChI=1S/C57H36O2/c1-57(2)51-14-8-7-13-44(51)45-24-20-38(32-52(45)57)37-22-28-54-50(31-37)47-26-25-46-49-30-36(21-27-53(49)58-55(46)56(47)59-54)34-17-15-33(16-18-34)35-19-23-43-41-11-4-3-9-39(41)40-10-5-6-12-42(40)48(43)29-35/h3-32H,1-2H3. The third-order valence-corrected chi connectivity index (χ3v) is 13.3. The summed E-state index contributed by atoms with van der Waals surface area (Å²) in [5.41, 5.74) is 15.8. The first-order valence-electron chi connectivity index (χ1n) is 20.5. The van der Waals surface area contributed by atoms with Crippen molar-refractivity contribution in [2.45, 2.75) is 19.3 Å². The van der Waals surface area contributed by atoms with E-state index in [-0.39, 0.29) is 5.41 Å². The Labute approximate surface area is 340 Å². The van der Waals surface area contributed by atoms with Crippen LogP contribution < -0.4 is 0 Å². The number of fused-ring (bicyclic) bond motifs is 16. The molecule has 0 saturated heterocycles. The molecule has 276 valence electrons. The van der Waals surface area contributed by atoms with Gasteiger partial charge in [0.15, 0.2) is 11.2 Å². The van der Waals surface area contributed by atoms with Gasteiger partial charge in [-0.1, -0.05) is 147 Å². The van der Waals surface area contributed by atoms with E-state index in [0.29, 0.717) is 0 Å². The maximum atomic E-state index is 6.58. The third kappa shape index (κ3) is 4.63. The van der Waals surface area contributed by atoms with Gasteiger partial charge in [0.05, 0.1) is 0 Å². The van der Waals surface area contributed by atoms with Crippen molar-refractivity contribution in [3.8, 4) is 44.5 Å². The summed E-state index contributed by atoms with van der Waals surface area (Å²) >= 11 is 0. The largest absolute Gasteiger partial charge is 0.452 e. The minimum atomic E-state index is -0.0467. The Balaban J connectivity index is 0.855. The Morgan fingerprint density at radius 2 is 0.678 bits per heavy atom. The molecule has 0 radical (unpaired) electrons. The zero-order chi connectivity index (χ0) is 39.0. The summed E-state index contributed by atoms with van der Waals surface area (Å²) in [6, 6.07) is 66.6. The molecule has 0 fully saturated rings. The lowest BCUT2D eigenvalue weighted by molar-refractivity contribution is 0.633. The predicted molar refractivity (Wildman–Crippen MR) is 247 cm³/mol. The van der Waals surface area contributed by atoms with E-state index in [1.807, 2.05) is 0 Å². The van der Waals surface area contributed by atoms with E-state index in [1.165, 1.54) is 82.4 Å². The van der Waals surface area contributed by atoms with Crippen LogP contribution in [-0.4, -0.2) is 0 Å². The molecule has 12 aromatic rings. The lowest BCUT2D eigenvalue weighted by Gasteiger charge is -2.22. The van der Waals surface area contributed by atoms with Gasteiger partial charge in [-0.15, -0.1) is 0 Å². The summed E-state index contributed by atoms with van der Waals surface area (Å²) in [7, 11) is 0. The molecule has 0 bridgehead atoms. The molecule has 0 unspecified atom stereocenters. The Kier molecular flexibility index (Phi) is 6.54. The maximum absolute atomic E-state index is 6.58. The minimum absolute atomic E-state index is 0.0467. The van der Waals surface area contributed by atoms with Gasteiger partial charge in [-0.25, -0.2) is 0 Å². The second-order valence-electron chi connectivity index (χ2n) is 16.8. The molecule has 0 atom stereocenters. The van der Waals surface area contributed by atoms with Gasteiger partial charge in [0.2, 0.25) is 0 Å². The van der Waals surface area contributed by atoms with E-state index in [9.17, 15) is 0 Å². The van der Waals surface area contributed by atoms with Crippen LogP contribution in [-0.2, 0) is 5.41 Å². The summed E-state index contributed by atoms with van der Waals surface area (Å²) < 4.78 is 13.2. The second-order valence-corrected chi connectivity index (χ2v) is 16.8. The van der Waals surface area contributed by atoms with Crippen LogP contribution in [0.5, 0.6) is 0 Å². The van der Waals surface area contributed by atoms with Crippen molar-refractivity contribution in [2.24, 2.45) is 0 Å². The first kappa shape index (κ1) is 32.6. The molecular formula is C57H36O2. The molecular weight excluding hydrogens is 717 g/mol. The van der Waals surface area contributed by atoms with Gasteiger partial charge in [-0.2, -0.15) is 0 Å². The molecule has 2 aromatic heterocycles. The van der Waals surface area contributed by atoms with E-state index in [1.54, 1.807) is 0 Å². The maximum Gasteiger partial charge on any atom is 0.178 e. The molecule has 1 aliphatic rings. The van der Waals surface area contributed by atoms with Crippen LogP contribution in [0.1, 0.15) is 25.0 Å². The summed E-state index contributed by atoms with van der Waals surface area (Å²) in [5.74, 6) is 0. The minimum Gasteiger partial charge on any atom is -0.452 e. The number of rotatable bonds is 3. The number of furan rings is 2. The lowest BCUT2D eigenvalue weighted by Crippen LogP contribution is -2.14. The Bertz CT molecular complexity index is 3710. The average molecular weight is 753 g/mol. The van der Waals surface area contributed by atoms with Gasteiger partial charge in [0.1, 0.15) is 11.2 Å². The summed E-state index contributed by atoms with van der Waals surface area (Å²) in [5, 5.41) is 12.0. The fourth-order valence-corrected chi connectivity index (χ4v) is 10.3. The van der Waals surface area contributed by atoms with Crippen molar-refractivity contribution in [2.75, 3.05) is 0 Å². The van der Waals surface area contributed by atoms with E-state index < -0.39 is 0 Å². The van der Waals surface area contributed by atoms with Gasteiger partial charge in [0, 0.05) is 27.0 Å². The van der Waals surface area contributed by atoms with E-state index in [4.69, 9.17) is 8.83 Å². The van der Waals surface area contributed by atoms with Crippen molar-refractivity contribution in [1.82, 2.24) is 0 Å². The van der Waals surface area contributed by atoms with Crippen LogP contribution in [0.3, 0.4) is 0 Å². The molecule has 2 heteroatoms. The topological polar surface area (TPSA) is 26.3 Å². The quantitative estimate of drug-likeness (QED) is 0.168. The van der Waals surface area contributed by atoms with Crippen LogP contribution in [0, 0.1) is 0 Å². The molecule has 0 N–H and O–H groups in total. The molecule has 13 rings (SSSR count). The summed E-state index contributed by atoms with van der Waals surface area (Å²) in [6.07, 6.45) is 0. The average Bonchev–Trinajstić information content (AvgIpc) is 3.93. The molecule has 0 amide bonds. The van der Waals surface area contributed by atoms with Crippen LogP contribution in [0.4, 0.5) is 0 Å². The summed E-state index contributed by atoms with van der Waals surface area (Å²) in [4.78, 5) is 0. The van der Waals surface area contributed by atoms with Crippen molar-refractivity contribution < 1.29 is 8.83 Å². The molecule has 0 spiro atoms. The van der Waals surface area contributed by atoms with Crippen molar-refractivity contribution >= 4 is 76.2 Å². The third-order valence-electron chi connectivity index (χ3n) is 13.3. The van der Waals surface area contributed by atoms with Gasteiger partial charge in [0.25, 0.3) is 0 Å². The van der Waals surface area contributed by atoms with Crippen LogP contribution in [0.15, 0.2) is 191 Å². The molecule has 0 aliphatic heterocycles. The zero-order valence-corrected chi connectivity index (χ0v) is 32.6. The molecule has 10 aromatic carbocycles. The first-order chi connectivity index (χ1) is 29.0. The van der Waals surface area contributed by atoms with Crippen molar-refractivity contribution in [1.29, 1.82) is 0 Å². The highest BCUT2D eigenvalue weighted by Gasteiger charge is 2.35. The molecule has 2 nitrogen and oxygen atoms in total. The Morgan fingerprint density at radius 1 is 0.288 bits per heavy atom. The first-order valence-corrected chi connectivity index (χ1v) is 20.5. The molecule has 2 heterocycles. The highest BCUT2D eigenvalue weighted by atomic mass is 16.4. The van der Waals surface area contributed by atoms with E-state index in [2.05, 4.69) is 196 Å². The van der Waals surface area contributed by atoms with Crippen LogP contribution in [0.2, 0.25) is 0 Å². The number of hydrogen-bond acceptors (Lipinski definition) is 2. The fourth-order valence-electron chi connectivity index (χ4n) is 10.3. The normalized spacial score (nSPS) is 13.4. The van der Waals surface area contributed by atoms with Gasteiger partial charge < -0.3 is 8.83 Å². The Morgan fingerprint density at radius 3 is 1.27 bits per heavy atom. The number of benzene rings is 10. The van der Waals surface area contributed by atoms with Gasteiger partial charge in [-0.05, 0) is 136 Å². The van der Waals surface area contributed by atoms with Crippen LogP contribution in [0.25, 0.3) is 121 Å². The Hall–Kier alpha value is -7.42. The lowest BCUT2D eigenvalue weighted by atomic mass is 9.81. The predicted octanol–water partition coefficient (Wildman–Crippen LogP) is 16.3. The molecule has 59 heavy (non-hydrogen) atoms. The second kappa shape index (κ2) is 11.8. The SMILES string of the molecule is CC1(C)c2ccccc2-c2ccc(-c3ccc4oc5c(ccc6c7cc(-c8ccc(-c9ccc%10c%11ccccc%11c%11ccccc%11c%10c9)cc8)ccc7oc65)c4c3)cc21. The highest BCUT2D eigenvalue weighted by molar-refractivity contribution is 6.26. The molecule has 1 aliphatic carbocycles. The zero-order valence-electron chi connectivity index (χ0n) is 32.6. The monoisotopic (exact) mass is 752 g/mol. The smallest absolute Gasteiger partial charge is 0.178 e. The molecule has 0 saturated carbocycles.